The summed E-state index contributed by atoms with van der Waals surface area (Å²) in [5.74, 6) is 0.307. The summed E-state index contributed by atoms with van der Waals surface area (Å²) in [6.07, 6.45) is 4.53. The van der Waals surface area contributed by atoms with Gasteiger partial charge in [0.2, 0.25) is 5.91 Å². The van der Waals surface area contributed by atoms with E-state index in [-0.39, 0.29) is 29.5 Å². The number of amides is 2. The second-order valence-electron chi connectivity index (χ2n) is 10.8. The maximum Gasteiger partial charge on any atom is 0.253 e. The van der Waals surface area contributed by atoms with Crippen LogP contribution in [0.4, 0.5) is 5.69 Å². The van der Waals surface area contributed by atoms with E-state index in [1.54, 1.807) is 19.2 Å². The number of aromatic hydroxyl groups is 1. The number of fused-ring (bicyclic) bond motifs is 4. The molecule has 3 atom stereocenters. The monoisotopic (exact) mass is 504 g/mol. The third-order valence-corrected chi connectivity index (χ3v) is 8.79. The number of phenols is 1. The summed E-state index contributed by atoms with van der Waals surface area (Å²) < 4.78 is 5.18. The van der Waals surface area contributed by atoms with Crippen LogP contribution in [0.15, 0.2) is 42.5 Å². The topological polar surface area (TPSA) is 85.4 Å². The van der Waals surface area contributed by atoms with Crippen LogP contribution in [0, 0.1) is 5.92 Å². The van der Waals surface area contributed by atoms with Crippen molar-refractivity contribution in [2.45, 2.75) is 50.2 Å². The molecule has 0 unspecified atom stereocenters. The predicted molar refractivity (Wildman–Crippen MR) is 140 cm³/mol. The lowest BCUT2D eigenvalue weighted by Gasteiger charge is -2.37. The Balaban J connectivity index is 1.30. The average Bonchev–Trinajstić information content (AvgIpc) is 3.55. The van der Waals surface area contributed by atoms with Gasteiger partial charge in [-0.05, 0) is 62.4 Å². The fourth-order valence-electron chi connectivity index (χ4n) is 7.23. The zero-order valence-corrected chi connectivity index (χ0v) is 21.5. The molecule has 0 aromatic heterocycles. The van der Waals surface area contributed by atoms with Crippen LogP contribution in [-0.2, 0) is 21.7 Å². The molecule has 0 aliphatic carbocycles. The Morgan fingerprint density at radius 1 is 1.05 bits per heavy atom. The molecule has 4 aliphatic heterocycles. The van der Waals surface area contributed by atoms with E-state index in [0.717, 1.165) is 68.6 Å². The van der Waals surface area contributed by atoms with Crippen LogP contribution in [0.5, 0.6) is 11.5 Å². The molecule has 37 heavy (non-hydrogen) atoms. The molecular formula is C29H36N4O4. The molecular weight excluding hydrogens is 468 g/mol. The molecule has 6 rings (SSSR count). The lowest BCUT2D eigenvalue weighted by atomic mass is 9.78. The first-order chi connectivity index (χ1) is 18.0. The van der Waals surface area contributed by atoms with Gasteiger partial charge in [0.1, 0.15) is 5.54 Å². The van der Waals surface area contributed by atoms with Gasteiger partial charge >= 0.3 is 0 Å². The molecule has 8 heteroatoms. The summed E-state index contributed by atoms with van der Waals surface area (Å²) in [4.78, 5) is 34.7. The molecule has 2 bridgehead atoms. The molecule has 4 aliphatic rings. The number of anilines is 1. The number of nitrogens with zero attached hydrogens (tertiary/aromatic N) is 3. The van der Waals surface area contributed by atoms with E-state index in [4.69, 9.17) is 4.74 Å². The highest BCUT2D eigenvalue weighted by Crippen LogP contribution is 2.57. The number of hydrogen-bond acceptors (Lipinski definition) is 6. The number of phenolic OH excluding ortho intramolecular Hbond substituents is 1. The first kappa shape index (κ1) is 24.2. The smallest absolute Gasteiger partial charge is 0.253 e. The Hall–Kier alpha value is -3.10. The Kier molecular flexibility index (Phi) is 6.32. The summed E-state index contributed by atoms with van der Waals surface area (Å²) in [6, 6.07) is 13.9. The van der Waals surface area contributed by atoms with Crippen molar-refractivity contribution >= 4 is 17.5 Å². The first-order valence-electron chi connectivity index (χ1n) is 13.6. The minimum atomic E-state index is -0.879. The number of benzene rings is 2. The SMILES string of the molecule is COc1ccc(CN2CCCNC(=O)[C@@H]3C[C@@H]4CCCN4[C@@]34C(=O)N(CCC2)c2ccccc24)cc1O. The van der Waals surface area contributed by atoms with Crippen molar-refractivity contribution in [1.82, 2.24) is 15.1 Å². The predicted octanol–water partition coefficient (Wildman–Crippen LogP) is 2.84. The molecule has 2 N–H and O–H groups in total. The Labute approximate surface area is 218 Å². The van der Waals surface area contributed by atoms with Crippen LogP contribution < -0.4 is 15.0 Å². The molecule has 0 radical (unpaired) electrons. The van der Waals surface area contributed by atoms with E-state index in [2.05, 4.69) is 21.2 Å². The van der Waals surface area contributed by atoms with Crippen LogP contribution in [0.25, 0.3) is 0 Å². The zero-order valence-electron chi connectivity index (χ0n) is 21.5. The highest BCUT2D eigenvalue weighted by atomic mass is 16.5. The van der Waals surface area contributed by atoms with Crippen molar-refractivity contribution in [3.63, 3.8) is 0 Å². The van der Waals surface area contributed by atoms with E-state index >= 15 is 0 Å². The second-order valence-corrected chi connectivity index (χ2v) is 10.8. The Bertz CT molecular complexity index is 1200. The number of nitrogens with one attached hydrogen (secondary N) is 1. The number of carbonyl (C=O) groups is 2. The van der Waals surface area contributed by atoms with Gasteiger partial charge in [-0.25, -0.2) is 0 Å². The first-order valence-corrected chi connectivity index (χ1v) is 13.6. The van der Waals surface area contributed by atoms with Crippen LogP contribution in [0.2, 0.25) is 0 Å². The summed E-state index contributed by atoms with van der Waals surface area (Å²) >= 11 is 0. The van der Waals surface area contributed by atoms with Crippen molar-refractivity contribution in [3.8, 4) is 11.5 Å². The molecule has 3 saturated heterocycles. The van der Waals surface area contributed by atoms with Gasteiger partial charge in [-0.1, -0.05) is 24.3 Å². The van der Waals surface area contributed by atoms with Crippen molar-refractivity contribution in [2.24, 2.45) is 5.92 Å². The van der Waals surface area contributed by atoms with Crippen molar-refractivity contribution < 1.29 is 19.4 Å². The third-order valence-electron chi connectivity index (χ3n) is 8.79. The summed E-state index contributed by atoms with van der Waals surface area (Å²) in [5, 5.41) is 13.4. The van der Waals surface area contributed by atoms with E-state index in [9.17, 15) is 14.7 Å². The van der Waals surface area contributed by atoms with E-state index in [1.807, 2.05) is 29.2 Å². The maximum absolute atomic E-state index is 14.4. The molecule has 8 nitrogen and oxygen atoms in total. The van der Waals surface area contributed by atoms with Gasteiger partial charge in [0, 0.05) is 50.0 Å². The van der Waals surface area contributed by atoms with Gasteiger partial charge in [-0.3, -0.25) is 19.4 Å². The molecule has 2 aromatic carbocycles. The number of ether oxygens (including phenoxy) is 1. The van der Waals surface area contributed by atoms with Crippen molar-refractivity contribution in [3.05, 3.63) is 53.6 Å². The second kappa shape index (κ2) is 9.65. The van der Waals surface area contributed by atoms with E-state index < -0.39 is 5.54 Å². The lowest BCUT2D eigenvalue weighted by molar-refractivity contribution is -0.138. The summed E-state index contributed by atoms with van der Waals surface area (Å²) in [6.45, 7) is 4.38. The van der Waals surface area contributed by atoms with Gasteiger partial charge in [0.15, 0.2) is 11.5 Å². The minimum Gasteiger partial charge on any atom is -0.504 e. The van der Waals surface area contributed by atoms with E-state index in [0.29, 0.717) is 25.4 Å². The van der Waals surface area contributed by atoms with Crippen LogP contribution in [0.1, 0.15) is 43.2 Å². The molecule has 3 fully saturated rings. The summed E-state index contributed by atoms with van der Waals surface area (Å²) in [7, 11) is 1.54. The Morgan fingerprint density at radius 2 is 1.89 bits per heavy atom. The zero-order chi connectivity index (χ0) is 25.6. The summed E-state index contributed by atoms with van der Waals surface area (Å²) in [5.41, 5.74) is 2.09. The number of para-hydroxylation sites is 1. The molecule has 4 heterocycles. The van der Waals surface area contributed by atoms with Gasteiger partial charge in [0.25, 0.3) is 5.91 Å². The standard InChI is InChI=1S/C29H36N4O4/c1-37-26-11-10-20(17-25(26)34)19-31-13-5-12-30-27(35)23-18-21-7-4-16-33(21)29(23)22-8-2-3-9-24(22)32(28(29)36)15-6-14-31/h2-3,8-11,17,21,23,34H,4-7,12-16,18-19H2,1H3,(H,30,35)/t21-,23-,29+/m0/s1. The fraction of sp³-hybridized carbons (Fsp3) is 0.517. The van der Waals surface area contributed by atoms with Crippen LogP contribution >= 0.6 is 0 Å². The quantitative estimate of drug-likeness (QED) is 0.669. The van der Waals surface area contributed by atoms with Gasteiger partial charge in [-0.2, -0.15) is 0 Å². The van der Waals surface area contributed by atoms with Gasteiger partial charge in [0.05, 0.1) is 13.0 Å². The van der Waals surface area contributed by atoms with Crippen molar-refractivity contribution in [1.29, 1.82) is 0 Å². The van der Waals surface area contributed by atoms with Crippen LogP contribution in [-0.4, -0.2) is 72.6 Å². The van der Waals surface area contributed by atoms with E-state index in [1.165, 1.54) is 0 Å². The average molecular weight is 505 g/mol. The van der Waals surface area contributed by atoms with Crippen molar-refractivity contribution in [2.75, 3.05) is 44.7 Å². The number of carbonyl (C=O) groups excluding carboxylic acids is 2. The number of methoxy groups -OCH3 is 1. The molecule has 2 amide bonds. The lowest BCUT2D eigenvalue weighted by Crippen LogP contribution is -2.56. The normalized spacial score (nSPS) is 28.5. The highest BCUT2D eigenvalue weighted by Gasteiger charge is 2.66. The van der Waals surface area contributed by atoms with Crippen LogP contribution in [0.3, 0.4) is 0 Å². The molecule has 0 saturated carbocycles. The molecule has 2 aromatic rings. The molecule has 1 spiro atoms. The number of rotatable bonds is 3. The Morgan fingerprint density at radius 3 is 2.73 bits per heavy atom. The minimum absolute atomic E-state index is 0.00489. The molecule has 196 valence electrons. The fourth-order valence-corrected chi connectivity index (χ4v) is 7.23. The highest BCUT2D eigenvalue weighted by molar-refractivity contribution is 6.10. The van der Waals surface area contributed by atoms with Gasteiger partial charge < -0.3 is 20.1 Å². The number of hydrogen-bond donors (Lipinski definition) is 2. The van der Waals surface area contributed by atoms with Gasteiger partial charge in [-0.15, -0.1) is 0 Å². The largest absolute Gasteiger partial charge is 0.504 e. The third kappa shape index (κ3) is 3.89. The maximum atomic E-state index is 14.4.